The fraction of sp³-hybridized carbons (Fsp3) is 0.350. The van der Waals surface area contributed by atoms with Crippen LogP contribution in [0.5, 0.6) is 5.75 Å². The van der Waals surface area contributed by atoms with E-state index in [2.05, 4.69) is 10.0 Å². The van der Waals surface area contributed by atoms with Crippen LogP contribution >= 0.6 is 11.8 Å². The van der Waals surface area contributed by atoms with Crippen molar-refractivity contribution in [2.24, 2.45) is 0 Å². The lowest BCUT2D eigenvalue weighted by Crippen LogP contribution is -2.48. The number of hydrogen-bond acceptors (Lipinski definition) is 5. The zero-order valence-corrected chi connectivity index (χ0v) is 17.3. The molecule has 0 bridgehead atoms. The van der Waals surface area contributed by atoms with E-state index in [4.69, 9.17) is 4.74 Å². The molecule has 1 aliphatic heterocycles. The first-order chi connectivity index (χ1) is 13.5. The quantitative estimate of drug-likeness (QED) is 0.686. The molecule has 8 heteroatoms. The number of carbonyl (C=O) groups excluding carboxylic acids is 1. The lowest BCUT2D eigenvalue weighted by atomic mass is 10.00. The van der Waals surface area contributed by atoms with E-state index in [1.165, 1.54) is 12.1 Å². The van der Waals surface area contributed by atoms with Crippen LogP contribution in [0.4, 0.5) is 0 Å². The summed E-state index contributed by atoms with van der Waals surface area (Å²) in [7, 11) is -3.78. The molecule has 0 radical (unpaired) electrons. The summed E-state index contributed by atoms with van der Waals surface area (Å²) in [5, 5.41) is 3.00. The lowest BCUT2D eigenvalue weighted by molar-refractivity contribution is -0.123. The van der Waals surface area contributed by atoms with Crippen molar-refractivity contribution in [2.75, 3.05) is 18.6 Å². The average molecular weight is 421 g/mol. The molecule has 0 spiro atoms. The minimum absolute atomic E-state index is 0.147. The highest BCUT2D eigenvalue weighted by Gasteiger charge is 2.29. The van der Waals surface area contributed by atoms with Crippen molar-refractivity contribution in [3.05, 3.63) is 60.2 Å². The van der Waals surface area contributed by atoms with Crippen LogP contribution in [0.1, 0.15) is 24.4 Å². The number of carbonyl (C=O) groups is 1. The summed E-state index contributed by atoms with van der Waals surface area (Å²) < 4.78 is 33.6. The van der Waals surface area contributed by atoms with Crippen molar-refractivity contribution in [1.82, 2.24) is 10.0 Å². The number of rotatable bonds is 8. The summed E-state index contributed by atoms with van der Waals surface area (Å²) >= 11 is 1.57. The first kappa shape index (κ1) is 20.7. The molecule has 0 aromatic heterocycles. The second-order valence-electron chi connectivity index (χ2n) is 6.50. The Hall–Kier alpha value is -2.03. The largest absolute Gasteiger partial charge is 0.493 e. The van der Waals surface area contributed by atoms with Crippen molar-refractivity contribution < 1.29 is 17.9 Å². The molecule has 0 saturated carbocycles. The van der Waals surface area contributed by atoms with Gasteiger partial charge in [-0.1, -0.05) is 36.4 Å². The molecule has 2 aromatic carbocycles. The SMILES string of the molecule is CSCC[C@@H](NS(=O)(=O)c1ccccc1)C(=O)N[C@@H]1CCOc2ccccc21. The molecular formula is C20H24N2O4S2. The van der Waals surface area contributed by atoms with Crippen LogP contribution in [-0.2, 0) is 14.8 Å². The van der Waals surface area contributed by atoms with E-state index in [9.17, 15) is 13.2 Å². The van der Waals surface area contributed by atoms with Crippen molar-refractivity contribution in [3.63, 3.8) is 0 Å². The predicted molar refractivity (Wildman–Crippen MR) is 111 cm³/mol. The Labute approximate surface area is 170 Å². The molecule has 2 atom stereocenters. The molecule has 2 N–H and O–H groups in total. The number of thioether (sulfide) groups is 1. The van der Waals surface area contributed by atoms with Gasteiger partial charge >= 0.3 is 0 Å². The maximum atomic E-state index is 12.9. The second kappa shape index (κ2) is 9.45. The summed E-state index contributed by atoms with van der Waals surface area (Å²) in [5.41, 5.74) is 0.914. The number of nitrogens with one attached hydrogen (secondary N) is 2. The van der Waals surface area contributed by atoms with Crippen LogP contribution in [-0.4, -0.2) is 39.0 Å². The standard InChI is InChI=1S/C20H24N2O4S2/c1-27-14-12-18(22-28(24,25)15-7-3-2-4-8-15)20(23)21-17-11-13-26-19-10-6-5-9-16(17)19/h2-10,17-18,22H,11-14H2,1H3,(H,21,23)/t17-,18-/m1/s1. The van der Waals surface area contributed by atoms with E-state index in [0.717, 1.165) is 11.3 Å². The Morgan fingerprint density at radius 2 is 1.89 bits per heavy atom. The van der Waals surface area contributed by atoms with Gasteiger partial charge < -0.3 is 10.1 Å². The maximum Gasteiger partial charge on any atom is 0.241 e. The zero-order chi connectivity index (χ0) is 20.0. The smallest absolute Gasteiger partial charge is 0.241 e. The number of amides is 1. The third kappa shape index (κ3) is 5.06. The second-order valence-corrected chi connectivity index (χ2v) is 9.20. The molecule has 1 aliphatic rings. The normalized spacial score (nSPS) is 17.2. The van der Waals surface area contributed by atoms with E-state index in [1.807, 2.05) is 30.5 Å². The molecule has 0 unspecified atom stereocenters. The van der Waals surface area contributed by atoms with Gasteiger partial charge in [0, 0.05) is 12.0 Å². The van der Waals surface area contributed by atoms with Crippen LogP contribution in [0.25, 0.3) is 0 Å². The first-order valence-corrected chi connectivity index (χ1v) is 12.0. The molecule has 1 amide bonds. The fourth-order valence-electron chi connectivity index (χ4n) is 3.10. The summed E-state index contributed by atoms with van der Waals surface area (Å²) in [6.07, 6.45) is 2.97. The van der Waals surface area contributed by atoms with Gasteiger partial charge in [0.25, 0.3) is 0 Å². The Morgan fingerprint density at radius 1 is 1.18 bits per heavy atom. The highest BCUT2D eigenvalue weighted by Crippen LogP contribution is 2.31. The third-order valence-electron chi connectivity index (χ3n) is 4.55. The van der Waals surface area contributed by atoms with E-state index < -0.39 is 16.1 Å². The Kier molecular flexibility index (Phi) is 6.98. The molecule has 2 aromatic rings. The van der Waals surface area contributed by atoms with E-state index in [-0.39, 0.29) is 16.8 Å². The van der Waals surface area contributed by atoms with Crippen LogP contribution < -0.4 is 14.8 Å². The first-order valence-electron chi connectivity index (χ1n) is 9.09. The Bertz CT molecular complexity index is 903. The fourth-order valence-corrected chi connectivity index (χ4v) is 4.82. The van der Waals surface area contributed by atoms with Crippen LogP contribution in [0.3, 0.4) is 0 Å². The molecule has 3 rings (SSSR count). The molecule has 150 valence electrons. The maximum absolute atomic E-state index is 12.9. The van der Waals surface area contributed by atoms with E-state index >= 15 is 0 Å². The summed E-state index contributed by atoms with van der Waals surface area (Å²) in [4.78, 5) is 13.1. The number of hydrogen-bond donors (Lipinski definition) is 2. The van der Waals surface area contributed by atoms with Crippen molar-refractivity contribution >= 4 is 27.7 Å². The van der Waals surface area contributed by atoms with Crippen molar-refractivity contribution in [3.8, 4) is 5.75 Å². The molecule has 0 saturated heterocycles. The number of para-hydroxylation sites is 1. The van der Waals surface area contributed by atoms with Gasteiger partial charge in [-0.2, -0.15) is 16.5 Å². The number of benzene rings is 2. The topological polar surface area (TPSA) is 84.5 Å². The number of sulfonamides is 1. The summed E-state index contributed by atoms with van der Waals surface area (Å²) in [6, 6.07) is 14.6. The number of fused-ring (bicyclic) bond motifs is 1. The molecule has 28 heavy (non-hydrogen) atoms. The van der Waals surface area contributed by atoms with Crippen molar-refractivity contribution in [2.45, 2.75) is 29.8 Å². The summed E-state index contributed by atoms with van der Waals surface area (Å²) in [6.45, 7) is 0.507. The number of ether oxygens (including phenoxy) is 1. The van der Waals surface area contributed by atoms with Gasteiger partial charge in [-0.25, -0.2) is 8.42 Å². The van der Waals surface area contributed by atoms with Crippen LogP contribution in [0, 0.1) is 0 Å². The monoisotopic (exact) mass is 420 g/mol. The Balaban J connectivity index is 1.76. The molecule has 1 heterocycles. The average Bonchev–Trinajstić information content (AvgIpc) is 2.72. The minimum atomic E-state index is -3.78. The predicted octanol–water partition coefficient (Wildman–Crippen LogP) is 2.73. The Morgan fingerprint density at radius 3 is 2.64 bits per heavy atom. The molecule has 0 aliphatic carbocycles. The van der Waals surface area contributed by atoms with Gasteiger partial charge in [0.1, 0.15) is 11.8 Å². The van der Waals surface area contributed by atoms with Gasteiger partial charge in [-0.15, -0.1) is 0 Å². The highest BCUT2D eigenvalue weighted by molar-refractivity contribution is 7.98. The van der Waals surface area contributed by atoms with Gasteiger partial charge in [0.2, 0.25) is 15.9 Å². The van der Waals surface area contributed by atoms with Crippen LogP contribution in [0.15, 0.2) is 59.5 Å². The van der Waals surface area contributed by atoms with Crippen LogP contribution in [0.2, 0.25) is 0 Å². The molecule has 0 fully saturated rings. The molecule has 6 nitrogen and oxygen atoms in total. The summed E-state index contributed by atoms with van der Waals surface area (Å²) in [5.74, 6) is 1.10. The highest BCUT2D eigenvalue weighted by atomic mass is 32.2. The van der Waals surface area contributed by atoms with Gasteiger partial charge in [0.05, 0.1) is 17.5 Å². The van der Waals surface area contributed by atoms with Gasteiger partial charge in [0.15, 0.2) is 0 Å². The van der Waals surface area contributed by atoms with Gasteiger partial charge in [-0.05, 0) is 36.6 Å². The van der Waals surface area contributed by atoms with Gasteiger partial charge in [-0.3, -0.25) is 4.79 Å². The lowest BCUT2D eigenvalue weighted by Gasteiger charge is -2.28. The van der Waals surface area contributed by atoms with E-state index in [1.54, 1.807) is 30.0 Å². The molecular weight excluding hydrogens is 396 g/mol. The van der Waals surface area contributed by atoms with Crippen molar-refractivity contribution in [1.29, 1.82) is 0 Å². The van der Waals surface area contributed by atoms with E-state index in [0.29, 0.717) is 25.2 Å². The third-order valence-corrected chi connectivity index (χ3v) is 6.68. The zero-order valence-electron chi connectivity index (χ0n) is 15.6. The minimum Gasteiger partial charge on any atom is -0.493 e.